The molecule has 1 N–H and O–H groups in total. The van der Waals surface area contributed by atoms with E-state index in [-0.39, 0.29) is 24.4 Å². The lowest BCUT2D eigenvalue weighted by Crippen LogP contribution is -2.23. The van der Waals surface area contributed by atoms with Crippen LogP contribution < -0.4 is 14.8 Å². The maximum Gasteiger partial charge on any atom is 0.231 e. The second-order valence-electron chi connectivity index (χ2n) is 5.15. The molecule has 0 aromatic heterocycles. The molecule has 0 fully saturated rings. The lowest BCUT2D eigenvalue weighted by Gasteiger charge is -2.26. The molecule has 0 radical (unpaired) electrons. The number of benzene rings is 2. The van der Waals surface area contributed by atoms with Gasteiger partial charge in [-0.3, -0.25) is 4.79 Å². The van der Waals surface area contributed by atoms with Gasteiger partial charge in [0, 0.05) is 24.1 Å². The quantitative estimate of drug-likeness (QED) is 0.876. The van der Waals surface area contributed by atoms with Crippen LogP contribution in [0.5, 0.6) is 11.5 Å². The molecule has 1 amide bonds. The molecule has 21 heavy (non-hydrogen) atoms. The third kappa shape index (κ3) is 2.01. The minimum absolute atomic E-state index is 0.0595. The predicted molar refractivity (Wildman–Crippen MR) is 74.1 cm³/mol. The highest BCUT2D eigenvalue weighted by Crippen LogP contribution is 2.44. The highest BCUT2D eigenvalue weighted by Gasteiger charge is 2.29. The highest BCUT2D eigenvalue weighted by atomic mass is 19.1. The molecule has 2 heterocycles. The van der Waals surface area contributed by atoms with Gasteiger partial charge in [-0.15, -0.1) is 0 Å². The van der Waals surface area contributed by atoms with E-state index in [2.05, 4.69) is 5.32 Å². The van der Waals surface area contributed by atoms with Crippen molar-refractivity contribution in [3.8, 4) is 11.5 Å². The first-order chi connectivity index (χ1) is 10.2. The lowest BCUT2D eigenvalue weighted by atomic mass is 9.84. The van der Waals surface area contributed by atoms with Crippen molar-refractivity contribution in [1.29, 1.82) is 0 Å². The van der Waals surface area contributed by atoms with Crippen LogP contribution in [0.3, 0.4) is 0 Å². The number of carbonyl (C=O) groups excluding carboxylic acids is 1. The Morgan fingerprint density at radius 3 is 2.57 bits per heavy atom. The average Bonchev–Trinajstić information content (AvgIpc) is 2.92. The molecule has 2 aromatic rings. The Hall–Kier alpha value is -2.56. The van der Waals surface area contributed by atoms with Crippen molar-refractivity contribution in [3.05, 3.63) is 53.3 Å². The number of rotatable bonds is 1. The summed E-state index contributed by atoms with van der Waals surface area (Å²) in [5, 5.41) is 2.85. The summed E-state index contributed by atoms with van der Waals surface area (Å²) in [6.45, 7) is 0.188. The van der Waals surface area contributed by atoms with Gasteiger partial charge >= 0.3 is 0 Å². The van der Waals surface area contributed by atoms with Crippen molar-refractivity contribution >= 4 is 11.6 Å². The van der Waals surface area contributed by atoms with Crippen LogP contribution in [0.4, 0.5) is 10.1 Å². The molecular formula is C16H12FNO3. The first kappa shape index (κ1) is 12.2. The molecule has 0 aliphatic carbocycles. The Bertz CT molecular complexity index is 727. The molecule has 0 saturated carbocycles. The molecule has 106 valence electrons. The van der Waals surface area contributed by atoms with E-state index in [4.69, 9.17) is 9.47 Å². The smallest absolute Gasteiger partial charge is 0.231 e. The highest BCUT2D eigenvalue weighted by molar-refractivity contribution is 5.96. The number of carbonyl (C=O) groups is 1. The SMILES string of the molecule is O=C1C[C@H](c2ccc(F)cc2)c2cc3c(cc2N1)OCO3. The minimum atomic E-state index is -0.287. The maximum absolute atomic E-state index is 13.1. The molecule has 0 saturated heterocycles. The fourth-order valence-electron chi connectivity index (χ4n) is 2.84. The van der Waals surface area contributed by atoms with Crippen molar-refractivity contribution in [1.82, 2.24) is 0 Å². The summed E-state index contributed by atoms with van der Waals surface area (Å²) in [6, 6.07) is 9.93. The number of anilines is 1. The van der Waals surface area contributed by atoms with Crippen LogP contribution in [-0.2, 0) is 4.79 Å². The molecule has 0 unspecified atom stereocenters. The number of hydrogen-bond donors (Lipinski definition) is 1. The van der Waals surface area contributed by atoms with E-state index in [1.807, 2.05) is 6.07 Å². The van der Waals surface area contributed by atoms with Gasteiger partial charge in [0.2, 0.25) is 12.7 Å². The molecule has 0 spiro atoms. The van der Waals surface area contributed by atoms with Gasteiger partial charge in [0.25, 0.3) is 0 Å². The van der Waals surface area contributed by atoms with Gasteiger partial charge in [-0.25, -0.2) is 4.39 Å². The fraction of sp³-hybridized carbons (Fsp3) is 0.188. The number of nitrogens with one attached hydrogen (secondary N) is 1. The van der Waals surface area contributed by atoms with Crippen molar-refractivity contribution in [3.63, 3.8) is 0 Å². The van der Waals surface area contributed by atoms with Gasteiger partial charge in [-0.1, -0.05) is 12.1 Å². The van der Waals surface area contributed by atoms with Crippen LogP contribution in [0, 0.1) is 5.82 Å². The Kier molecular flexibility index (Phi) is 2.60. The summed E-state index contributed by atoms with van der Waals surface area (Å²) in [4.78, 5) is 11.9. The molecule has 1 atom stereocenters. The zero-order valence-corrected chi connectivity index (χ0v) is 11.1. The Morgan fingerprint density at radius 2 is 1.81 bits per heavy atom. The minimum Gasteiger partial charge on any atom is -0.454 e. The largest absolute Gasteiger partial charge is 0.454 e. The van der Waals surface area contributed by atoms with E-state index in [0.717, 1.165) is 16.8 Å². The number of ether oxygens (including phenoxy) is 2. The molecule has 5 heteroatoms. The topological polar surface area (TPSA) is 47.6 Å². The molecular weight excluding hydrogens is 273 g/mol. The predicted octanol–water partition coefficient (Wildman–Crippen LogP) is 3.03. The first-order valence-corrected chi connectivity index (χ1v) is 6.69. The van der Waals surface area contributed by atoms with Gasteiger partial charge in [0.1, 0.15) is 5.82 Å². The normalized spacial score (nSPS) is 19.1. The second-order valence-corrected chi connectivity index (χ2v) is 5.15. The third-order valence-electron chi connectivity index (χ3n) is 3.86. The van der Waals surface area contributed by atoms with Crippen molar-refractivity contribution < 1.29 is 18.7 Å². The maximum atomic E-state index is 13.1. The summed E-state index contributed by atoms with van der Waals surface area (Å²) in [6.07, 6.45) is 0.332. The zero-order valence-electron chi connectivity index (χ0n) is 11.1. The standard InChI is InChI=1S/C16H12FNO3/c17-10-3-1-9(2-4-10)11-6-16(19)18-13-7-15-14(5-12(11)13)20-8-21-15/h1-5,7,11H,6,8H2,(H,18,19)/t11-/m1/s1. The summed E-state index contributed by atoms with van der Waals surface area (Å²) >= 11 is 0. The van der Waals surface area contributed by atoms with Gasteiger partial charge in [-0.2, -0.15) is 0 Å². The van der Waals surface area contributed by atoms with Crippen LogP contribution >= 0.6 is 0 Å². The van der Waals surface area contributed by atoms with E-state index in [1.54, 1.807) is 18.2 Å². The number of fused-ring (bicyclic) bond motifs is 2. The van der Waals surface area contributed by atoms with Gasteiger partial charge in [-0.05, 0) is 29.3 Å². The molecule has 2 aromatic carbocycles. The molecule has 2 aliphatic rings. The van der Waals surface area contributed by atoms with Gasteiger partial charge < -0.3 is 14.8 Å². The van der Waals surface area contributed by atoms with Crippen LogP contribution in [0.25, 0.3) is 0 Å². The summed E-state index contributed by atoms with van der Waals surface area (Å²) in [7, 11) is 0. The number of halogens is 1. The average molecular weight is 285 g/mol. The van der Waals surface area contributed by atoms with Crippen LogP contribution in [0.1, 0.15) is 23.5 Å². The Labute approximate surface area is 120 Å². The van der Waals surface area contributed by atoms with E-state index < -0.39 is 0 Å². The number of hydrogen-bond acceptors (Lipinski definition) is 3. The molecule has 2 aliphatic heterocycles. The number of amides is 1. The first-order valence-electron chi connectivity index (χ1n) is 6.69. The Morgan fingerprint density at radius 1 is 1.10 bits per heavy atom. The van der Waals surface area contributed by atoms with E-state index >= 15 is 0 Å². The van der Waals surface area contributed by atoms with Crippen molar-refractivity contribution in [2.75, 3.05) is 12.1 Å². The van der Waals surface area contributed by atoms with Crippen molar-refractivity contribution in [2.45, 2.75) is 12.3 Å². The monoisotopic (exact) mass is 285 g/mol. The molecule has 4 nitrogen and oxygen atoms in total. The summed E-state index contributed by atoms with van der Waals surface area (Å²) < 4.78 is 23.8. The zero-order chi connectivity index (χ0) is 14.4. The van der Waals surface area contributed by atoms with Gasteiger partial charge in [0.05, 0.1) is 0 Å². The fourth-order valence-corrected chi connectivity index (χ4v) is 2.84. The van der Waals surface area contributed by atoms with Crippen LogP contribution in [0.15, 0.2) is 36.4 Å². The van der Waals surface area contributed by atoms with E-state index in [0.29, 0.717) is 17.9 Å². The van der Waals surface area contributed by atoms with Crippen molar-refractivity contribution in [2.24, 2.45) is 0 Å². The Balaban J connectivity index is 1.83. The summed E-state index contributed by atoms with van der Waals surface area (Å²) in [5.74, 6) is 0.857. The van der Waals surface area contributed by atoms with Crippen LogP contribution in [0.2, 0.25) is 0 Å². The van der Waals surface area contributed by atoms with E-state index in [9.17, 15) is 9.18 Å². The molecule has 0 bridgehead atoms. The summed E-state index contributed by atoms with van der Waals surface area (Å²) in [5.41, 5.74) is 2.60. The van der Waals surface area contributed by atoms with Gasteiger partial charge in [0.15, 0.2) is 11.5 Å². The molecule has 4 rings (SSSR count). The third-order valence-corrected chi connectivity index (χ3v) is 3.86. The van der Waals surface area contributed by atoms with Crippen LogP contribution in [-0.4, -0.2) is 12.7 Å². The van der Waals surface area contributed by atoms with E-state index in [1.165, 1.54) is 12.1 Å². The second kappa shape index (κ2) is 4.48. The lowest BCUT2D eigenvalue weighted by molar-refractivity contribution is -0.116.